The Kier molecular flexibility index (Phi) is 3.62. The van der Waals surface area contributed by atoms with Crippen molar-refractivity contribution in [3.63, 3.8) is 0 Å². The highest BCUT2D eigenvalue weighted by Gasteiger charge is 2.18. The van der Waals surface area contributed by atoms with Gasteiger partial charge in [0.2, 0.25) is 5.76 Å². The number of esters is 1. The Morgan fingerprint density at radius 2 is 2.28 bits per heavy atom. The van der Waals surface area contributed by atoms with E-state index in [1.807, 2.05) is 0 Å². The average Bonchev–Trinajstić information content (AvgIpc) is 2.76. The number of aryl methyl sites for hydroxylation is 1. The second-order valence-corrected chi connectivity index (χ2v) is 4.22. The highest BCUT2D eigenvalue weighted by atomic mass is 35.5. The highest BCUT2D eigenvalue weighted by Crippen LogP contribution is 2.18. The zero-order valence-electron chi connectivity index (χ0n) is 9.88. The number of carbonyl (C=O) groups excluding carboxylic acids is 1. The molecule has 0 aliphatic heterocycles. The third-order valence-electron chi connectivity index (χ3n) is 2.28. The van der Waals surface area contributed by atoms with Crippen LogP contribution in [-0.4, -0.2) is 16.1 Å². The van der Waals surface area contributed by atoms with Gasteiger partial charge in [-0.1, -0.05) is 16.8 Å². The van der Waals surface area contributed by atoms with E-state index in [0.717, 1.165) is 0 Å². The number of halogens is 1. The minimum atomic E-state index is -0.570. The Bertz CT molecular complexity index is 551. The van der Waals surface area contributed by atoms with E-state index in [-0.39, 0.29) is 5.76 Å². The lowest BCUT2D eigenvalue weighted by Crippen LogP contribution is -2.09. The molecule has 0 N–H and O–H groups in total. The molecule has 2 heterocycles. The molecular formula is C12H11ClN2O3. The fourth-order valence-electron chi connectivity index (χ4n) is 1.37. The molecule has 2 aromatic rings. The number of rotatable bonds is 3. The van der Waals surface area contributed by atoms with Gasteiger partial charge in [0.1, 0.15) is 6.10 Å². The molecule has 0 unspecified atom stereocenters. The fourth-order valence-corrected chi connectivity index (χ4v) is 1.48. The lowest BCUT2D eigenvalue weighted by molar-refractivity contribution is 0.0283. The van der Waals surface area contributed by atoms with Crippen LogP contribution in [0.2, 0.25) is 5.02 Å². The van der Waals surface area contributed by atoms with E-state index in [4.69, 9.17) is 20.9 Å². The summed E-state index contributed by atoms with van der Waals surface area (Å²) in [5, 5.41) is 4.15. The molecule has 18 heavy (non-hydrogen) atoms. The molecule has 0 bridgehead atoms. The maximum Gasteiger partial charge on any atom is 0.377 e. The van der Waals surface area contributed by atoms with Crippen molar-refractivity contribution in [2.75, 3.05) is 0 Å². The van der Waals surface area contributed by atoms with Gasteiger partial charge in [-0.2, -0.15) is 0 Å². The smallest absolute Gasteiger partial charge is 0.377 e. The van der Waals surface area contributed by atoms with Crippen molar-refractivity contribution in [3.05, 3.63) is 46.6 Å². The van der Waals surface area contributed by atoms with Gasteiger partial charge in [0.25, 0.3) is 0 Å². The van der Waals surface area contributed by atoms with Crippen molar-refractivity contribution < 1.29 is 14.1 Å². The Hall–Kier alpha value is -1.88. The first kappa shape index (κ1) is 12.6. The third-order valence-corrected chi connectivity index (χ3v) is 2.50. The molecule has 0 aliphatic rings. The molecule has 0 radical (unpaired) electrons. The van der Waals surface area contributed by atoms with E-state index in [1.54, 1.807) is 26.0 Å². The van der Waals surface area contributed by atoms with Crippen LogP contribution in [-0.2, 0) is 4.74 Å². The Labute approximate surface area is 109 Å². The number of aromatic nitrogens is 2. The molecule has 6 heteroatoms. The zero-order valence-corrected chi connectivity index (χ0v) is 10.6. The van der Waals surface area contributed by atoms with Crippen molar-refractivity contribution >= 4 is 17.6 Å². The van der Waals surface area contributed by atoms with Crippen LogP contribution in [0.3, 0.4) is 0 Å². The number of hydrogen-bond donors (Lipinski definition) is 0. The molecule has 2 rings (SSSR count). The van der Waals surface area contributed by atoms with E-state index >= 15 is 0 Å². The second-order valence-electron chi connectivity index (χ2n) is 3.78. The number of hydrogen-bond acceptors (Lipinski definition) is 5. The summed E-state index contributed by atoms with van der Waals surface area (Å²) in [6.07, 6.45) is 1.01. The highest BCUT2D eigenvalue weighted by molar-refractivity contribution is 6.30. The van der Waals surface area contributed by atoms with Crippen LogP contribution in [0.5, 0.6) is 0 Å². The van der Waals surface area contributed by atoms with Crippen LogP contribution in [0.25, 0.3) is 0 Å². The molecule has 0 amide bonds. The monoisotopic (exact) mass is 266 g/mol. The summed E-state index contributed by atoms with van der Waals surface area (Å²) < 4.78 is 10.0. The topological polar surface area (TPSA) is 65.2 Å². The molecule has 1 atom stereocenters. The Morgan fingerprint density at radius 1 is 1.50 bits per heavy atom. The van der Waals surface area contributed by atoms with E-state index in [0.29, 0.717) is 16.4 Å². The van der Waals surface area contributed by atoms with Crippen molar-refractivity contribution in [2.24, 2.45) is 0 Å². The van der Waals surface area contributed by atoms with Crippen molar-refractivity contribution in [1.29, 1.82) is 0 Å². The Morgan fingerprint density at radius 3 is 2.83 bits per heavy atom. The summed E-state index contributed by atoms with van der Waals surface area (Å²) in [4.78, 5) is 15.8. The minimum Gasteiger partial charge on any atom is -0.450 e. The maximum absolute atomic E-state index is 11.7. The predicted molar refractivity (Wildman–Crippen MR) is 64.3 cm³/mol. The van der Waals surface area contributed by atoms with E-state index in [9.17, 15) is 4.79 Å². The van der Waals surface area contributed by atoms with E-state index in [1.165, 1.54) is 12.3 Å². The van der Waals surface area contributed by atoms with Gasteiger partial charge >= 0.3 is 5.97 Å². The molecule has 0 saturated heterocycles. The average molecular weight is 267 g/mol. The van der Waals surface area contributed by atoms with Crippen molar-refractivity contribution in [1.82, 2.24) is 10.1 Å². The van der Waals surface area contributed by atoms with Crippen LogP contribution in [0, 0.1) is 6.92 Å². The quantitative estimate of drug-likeness (QED) is 0.799. The second kappa shape index (κ2) is 5.18. The normalized spacial score (nSPS) is 12.2. The minimum absolute atomic E-state index is 0.0771. The Balaban J connectivity index is 2.05. The van der Waals surface area contributed by atoms with Crippen LogP contribution in [0.15, 0.2) is 28.9 Å². The molecule has 0 saturated carbocycles. The molecule has 0 aliphatic carbocycles. The number of nitrogens with zero attached hydrogens (tertiary/aromatic N) is 2. The third kappa shape index (κ3) is 2.87. The van der Waals surface area contributed by atoms with Crippen molar-refractivity contribution in [2.45, 2.75) is 20.0 Å². The molecule has 0 aromatic carbocycles. The molecule has 2 aromatic heterocycles. The molecule has 0 spiro atoms. The summed E-state index contributed by atoms with van der Waals surface area (Å²) in [6.45, 7) is 3.45. The van der Waals surface area contributed by atoms with Crippen LogP contribution >= 0.6 is 11.6 Å². The molecular weight excluding hydrogens is 256 g/mol. The van der Waals surface area contributed by atoms with Crippen molar-refractivity contribution in [3.8, 4) is 0 Å². The number of ether oxygens (including phenoxy) is 1. The van der Waals surface area contributed by atoms with Gasteiger partial charge in [-0.15, -0.1) is 0 Å². The first-order valence-electron chi connectivity index (χ1n) is 5.32. The summed E-state index contributed by atoms with van der Waals surface area (Å²) in [5.74, 6) is -0.492. The van der Waals surface area contributed by atoms with Gasteiger partial charge in [-0.3, -0.25) is 4.98 Å². The first-order valence-corrected chi connectivity index (χ1v) is 5.70. The summed E-state index contributed by atoms with van der Waals surface area (Å²) in [5.41, 5.74) is 1.24. The predicted octanol–water partition coefficient (Wildman–Crippen LogP) is 2.95. The number of pyridine rings is 1. The fraction of sp³-hybridized carbons (Fsp3) is 0.250. The van der Waals surface area contributed by atoms with Gasteiger partial charge in [0.05, 0.1) is 16.4 Å². The standard InChI is InChI=1S/C12H11ClN2O3/c1-7-5-11(18-15-7)12(16)17-8(2)10-4-3-9(13)6-14-10/h3-6,8H,1-2H3/t8-/m0/s1. The van der Waals surface area contributed by atoms with Gasteiger partial charge in [-0.05, 0) is 26.0 Å². The van der Waals surface area contributed by atoms with Gasteiger partial charge in [0.15, 0.2) is 0 Å². The van der Waals surface area contributed by atoms with Crippen LogP contribution in [0.1, 0.15) is 35.0 Å². The molecule has 5 nitrogen and oxygen atoms in total. The lowest BCUT2D eigenvalue weighted by atomic mass is 10.2. The van der Waals surface area contributed by atoms with Crippen LogP contribution in [0.4, 0.5) is 0 Å². The molecule has 0 fully saturated rings. The first-order chi connectivity index (χ1) is 8.56. The van der Waals surface area contributed by atoms with E-state index < -0.39 is 12.1 Å². The van der Waals surface area contributed by atoms with Gasteiger partial charge in [0, 0.05) is 12.3 Å². The molecule has 94 valence electrons. The summed E-state index contributed by atoms with van der Waals surface area (Å²) in [7, 11) is 0. The van der Waals surface area contributed by atoms with E-state index in [2.05, 4.69) is 10.1 Å². The van der Waals surface area contributed by atoms with Gasteiger partial charge < -0.3 is 9.26 Å². The zero-order chi connectivity index (χ0) is 13.1. The number of carbonyl (C=O) groups is 1. The van der Waals surface area contributed by atoms with Crippen LogP contribution < -0.4 is 0 Å². The van der Waals surface area contributed by atoms with Gasteiger partial charge in [-0.25, -0.2) is 4.79 Å². The SMILES string of the molecule is Cc1cc(C(=O)O[C@@H](C)c2ccc(Cl)cn2)on1. The largest absolute Gasteiger partial charge is 0.450 e. The maximum atomic E-state index is 11.7. The lowest BCUT2D eigenvalue weighted by Gasteiger charge is -2.11. The summed E-state index contributed by atoms with van der Waals surface area (Å²) in [6, 6.07) is 4.91. The summed E-state index contributed by atoms with van der Waals surface area (Å²) >= 11 is 5.73.